The molecule has 0 saturated carbocycles. The van der Waals surface area contributed by atoms with Crippen molar-refractivity contribution >= 4 is 21.4 Å². The monoisotopic (exact) mass is 289 g/mol. The first kappa shape index (κ1) is 15.5. The quantitative estimate of drug-likeness (QED) is 0.839. The van der Waals surface area contributed by atoms with Crippen molar-refractivity contribution in [1.82, 2.24) is 0 Å². The lowest BCUT2D eigenvalue weighted by Crippen LogP contribution is -2.20. The number of hydrogen-bond donors (Lipinski definition) is 1. The van der Waals surface area contributed by atoms with Gasteiger partial charge in [-0.15, -0.1) is 0 Å². The largest absolute Gasteiger partial charge is 0.328 e. The number of benzene rings is 1. The Labute approximate surface area is 114 Å². The van der Waals surface area contributed by atoms with Crippen LogP contribution < -0.4 is 5.73 Å². The van der Waals surface area contributed by atoms with Gasteiger partial charge in [0.15, 0.2) is 9.84 Å². The standard InChI is InChI=1S/C13H20ClNO2S/c1-2-12(15)7-5-9-18(16,17)10-11-6-3-4-8-13(11)14/h3-4,6,8,12H,2,5,7,9-10,15H2,1H3. The van der Waals surface area contributed by atoms with E-state index in [1.54, 1.807) is 24.3 Å². The number of rotatable bonds is 7. The lowest BCUT2D eigenvalue weighted by Gasteiger charge is -2.09. The first-order valence-corrected chi connectivity index (χ1v) is 8.34. The molecule has 1 aromatic carbocycles. The Morgan fingerprint density at radius 1 is 1.33 bits per heavy atom. The molecule has 0 radical (unpaired) electrons. The van der Waals surface area contributed by atoms with Gasteiger partial charge in [0, 0.05) is 11.1 Å². The molecular weight excluding hydrogens is 270 g/mol. The van der Waals surface area contributed by atoms with E-state index in [1.807, 2.05) is 6.92 Å². The van der Waals surface area contributed by atoms with Crippen molar-refractivity contribution in [3.63, 3.8) is 0 Å². The second-order valence-electron chi connectivity index (χ2n) is 4.49. The molecular formula is C13H20ClNO2S. The van der Waals surface area contributed by atoms with Crippen LogP contribution in [0.5, 0.6) is 0 Å². The summed E-state index contributed by atoms with van der Waals surface area (Å²) in [5.74, 6) is 0.181. The first-order chi connectivity index (χ1) is 8.44. The van der Waals surface area contributed by atoms with Gasteiger partial charge >= 0.3 is 0 Å². The number of sulfone groups is 1. The summed E-state index contributed by atoms with van der Waals surface area (Å²) in [7, 11) is -3.10. The molecule has 1 atom stereocenters. The Balaban J connectivity index is 2.53. The minimum absolute atomic E-state index is 0.00797. The second kappa shape index (κ2) is 7.12. The van der Waals surface area contributed by atoms with Gasteiger partial charge in [-0.3, -0.25) is 0 Å². The molecule has 0 fully saturated rings. The molecule has 0 aliphatic rings. The van der Waals surface area contributed by atoms with E-state index in [2.05, 4.69) is 0 Å². The van der Waals surface area contributed by atoms with Crippen LogP contribution >= 0.6 is 11.6 Å². The predicted octanol–water partition coefficient (Wildman–Crippen LogP) is 2.77. The Bertz CT molecular complexity index is 474. The maximum atomic E-state index is 11.9. The van der Waals surface area contributed by atoms with Gasteiger partial charge in [0.05, 0.1) is 11.5 Å². The zero-order valence-electron chi connectivity index (χ0n) is 10.6. The SMILES string of the molecule is CCC(N)CCCS(=O)(=O)Cc1ccccc1Cl. The van der Waals surface area contributed by atoms with Gasteiger partial charge in [0.25, 0.3) is 0 Å². The highest BCUT2D eigenvalue weighted by molar-refractivity contribution is 7.90. The second-order valence-corrected chi connectivity index (χ2v) is 7.09. The fourth-order valence-electron chi connectivity index (χ4n) is 1.69. The van der Waals surface area contributed by atoms with E-state index < -0.39 is 9.84 Å². The van der Waals surface area contributed by atoms with E-state index in [0.29, 0.717) is 17.0 Å². The van der Waals surface area contributed by atoms with Gasteiger partial charge in [-0.05, 0) is 30.9 Å². The lowest BCUT2D eigenvalue weighted by molar-refractivity contribution is 0.567. The van der Waals surface area contributed by atoms with Gasteiger partial charge < -0.3 is 5.73 Å². The molecule has 0 amide bonds. The molecule has 0 aromatic heterocycles. The minimum Gasteiger partial charge on any atom is -0.328 e. The third-order valence-electron chi connectivity index (χ3n) is 2.89. The summed E-state index contributed by atoms with van der Waals surface area (Å²) >= 11 is 5.95. The Morgan fingerprint density at radius 2 is 2.00 bits per heavy atom. The van der Waals surface area contributed by atoms with E-state index in [0.717, 1.165) is 12.8 Å². The Kier molecular flexibility index (Phi) is 6.12. The van der Waals surface area contributed by atoms with Crippen LogP contribution in [0.25, 0.3) is 0 Å². The maximum absolute atomic E-state index is 11.9. The van der Waals surface area contributed by atoms with E-state index in [4.69, 9.17) is 17.3 Å². The van der Waals surface area contributed by atoms with Crippen LogP contribution in [0.15, 0.2) is 24.3 Å². The van der Waals surface area contributed by atoms with Gasteiger partial charge in [0.2, 0.25) is 0 Å². The molecule has 0 aliphatic carbocycles. The van der Waals surface area contributed by atoms with Crippen LogP contribution in [0.4, 0.5) is 0 Å². The molecule has 0 aliphatic heterocycles. The van der Waals surface area contributed by atoms with Gasteiger partial charge in [-0.2, -0.15) is 0 Å². The number of hydrogen-bond acceptors (Lipinski definition) is 3. The van der Waals surface area contributed by atoms with Gasteiger partial charge in [0.1, 0.15) is 0 Å². The van der Waals surface area contributed by atoms with E-state index in [1.165, 1.54) is 0 Å². The Hall–Kier alpha value is -0.580. The fraction of sp³-hybridized carbons (Fsp3) is 0.538. The summed E-state index contributed by atoms with van der Waals surface area (Å²) in [4.78, 5) is 0. The zero-order chi connectivity index (χ0) is 13.6. The van der Waals surface area contributed by atoms with Crippen LogP contribution in [0, 0.1) is 0 Å². The number of halogens is 1. The summed E-state index contributed by atoms with van der Waals surface area (Å²) < 4.78 is 23.8. The fourth-order valence-corrected chi connectivity index (χ4v) is 3.45. The average molecular weight is 290 g/mol. The predicted molar refractivity (Wildman–Crippen MR) is 76.4 cm³/mol. The van der Waals surface area contributed by atoms with E-state index >= 15 is 0 Å². The summed E-state index contributed by atoms with van der Waals surface area (Å²) in [6, 6.07) is 7.14. The van der Waals surface area contributed by atoms with Crippen LogP contribution in [-0.4, -0.2) is 20.2 Å². The van der Waals surface area contributed by atoms with Crippen molar-refractivity contribution in [3.05, 3.63) is 34.9 Å². The zero-order valence-corrected chi connectivity index (χ0v) is 12.2. The third kappa shape index (κ3) is 5.38. The topological polar surface area (TPSA) is 60.2 Å². The molecule has 1 rings (SSSR count). The highest BCUT2D eigenvalue weighted by atomic mass is 35.5. The third-order valence-corrected chi connectivity index (χ3v) is 4.92. The molecule has 3 nitrogen and oxygen atoms in total. The molecule has 5 heteroatoms. The maximum Gasteiger partial charge on any atom is 0.154 e. The van der Waals surface area contributed by atoms with Crippen molar-refractivity contribution in [1.29, 1.82) is 0 Å². The highest BCUT2D eigenvalue weighted by Crippen LogP contribution is 2.18. The molecule has 1 aromatic rings. The summed E-state index contributed by atoms with van der Waals surface area (Å²) in [5.41, 5.74) is 6.43. The smallest absolute Gasteiger partial charge is 0.154 e. The van der Waals surface area contributed by atoms with Gasteiger partial charge in [-0.1, -0.05) is 36.7 Å². The van der Waals surface area contributed by atoms with Crippen molar-refractivity contribution in [3.8, 4) is 0 Å². The van der Waals surface area contributed by atoms with E-state index in [9.17, 15) is 8.42 Å². The van der Waals surface area contributed by atoms with Crippen LogP contribution in [0.2, 0.25) is 5.02 Å². The van der Waals surface area contributed by atoms with Crippen LogP contribution in [0.3, 0.4) is 0 Å². The van der Waals surface area contributed by atoms with Crippen molar-refractivity contribution in [2.45, 2.75) is 38.0 Å². The molecule has 18 heavy (non-hydrogen) atoms. The molecule has 0 spiro atoms. The summed E-state index contributed by atoms with van der Waals surface area (Å²) in [5, 5.41) is 0.506. The molecule has 2 N–H and O–H groups in total. The van der Waals surface area contributed by atoms with Gasteiger partial charge in [-0.25, -0.2) is 8.42 Å². The van der Waals surface area contributed by atoms with Crippen LogP contribution in [0.1, 0.15) is 31.7 Å². The molecule has 0 saturated heterocycles. The molecule has 0 bridgehead atoms. The number of nitrogens with two attached hydrogens (primary N) is 1. The molecule has 0 heterocycles. The Morgan fingerprint density at radius 3 is 2.61 bits per heavy atom. The molecule has 1 unspecified atom stereocenters. The first-order valence-electron chi connectivity index (χ1n) is 6.14. The average Bonchev–Trinajstić information content (AvgIpc) is 2.31. The normalized spacial score (nSPS) is 13.5. The summed E-state index contributed by atoms with van der Waals surface area (Å²) in [6.45, 7) is 2.00. The van der Waals surface area contributed by atoms with Crippen molar-refractivity contribution in [2.75, 3.05) is 5.75 Å². The highest BCUT2D eigenvalue weighted by Gasteiger charge is 2.14. The lowest BCUT2D eigenvalue weighted by atomic mass is 10.1. The van der Waals surface area contributed by atoms with Crippen molar-refractivity contribution < 1.29 is 8.42 Å². The van der Waals surface area contributed by atoms with Crippen LogP contribution in [-0.2, 0) is 15.6 Å². The minimum atomic E-state index is -3.10. The van der Waals surface area contributed by atoms with E-state index in [-0.39, 0.29) is 17.5 Å². The molecule has 102 valence electrons. The summed E-state index contributed by atoms with van der Waals surface area (Å²) in [6.07, 6.45) is 2.24. The van der Waals surface area contributed by atoms with Crippen molar-refractivity contribution in [2.24, 2.45) is 5.73 Å².